The molecular weight excluding hydrogens is 264 g/mol. The van der Waals surface area contributed by atoms with Crippen LogP contribution in [0.15, 0.2) is 24.3 Å². The van der Waals surface area contributed by atoms with E-state index in [0.29, 0.717) is 24.5 Å². The van der Waals surface area contributed by atoms with Gasteiger partial charge in [0.1, 0.15) is 0 Å². The second kappa shape index (κ2) is 6.92. The zero-order chi connectivity index (χ0) is 14.5. The quantitative estimate of drug-likeness (QED) is 0.864. The van der Waals surface area contributed by atoms with Crippen molar-refractivity contribution in [3.63, 3.8) is 0 Å². The highest BCUT2D eigenvalue weighted by atomic mass is 35.5. The summed E-state index contributed by atoms with van der Waals surface area (Å²) in [5.41, 5.74) is 0.746. The monoisotopic (exact) mass is 284 g/mol. The SMILES string of the molecule is CC(C)(C)OCCC(Cc1ccc(Cl)cc1)C(=O)O. The predicted octanol–water partition coefficient (Wildman–Crippen LogP) is 3.79. The number of rotatable bonds is 6. The molecule has 0 saturated carbocycles. The van der Waals surface area contributed by atoms with Crippen LogP contribution < -0.4 is 0 Å². The average molecular weight is 285 g/mol. The van der Waals surface area contributed by atoms with Crippen molar-refractivity contribution in [3.05, 3.63) is 34.9 Å². The number of carbonyl (C=O) groups is 1. The molecule has 0 radical (unpaired) electrons. The summed E-state index contributed by atoms with van der Waals surface area (Å²) < 4.78 is 5.58. The van der Waals surface area contributed by atoms with E-state index >= 15 is 0 Å². The van der Waals surface area contributed by atoms with Gasteiger partial charge in [-0.25, -0.2) is 0 Å². The van der Waals surface area contributed by atoms with Crippen molar-refractivity contribution in [2.75, 3.05) is 6.61 Å². The van der Waals surface area contributed by atoms with Gasteiger partial charge >= 0.3 is 5.97 Å². The van der Waals surface area contributed by atoms with E-state index in [1.807, 2.05) is 32.9 Å². The van der Waals surface area contributed by atoms with Gasteiger partial charge in [-0.1, -0.05) is 23.7 Å². The third kappa shape index (κ3) is 6.60. The van der Waals surface area contributed by atoms with Crippen molar-refractivity contribution in [2.24, 2.45) is 5.92 Å². The van der Waals surface area contributed by atoms with Crippen molar-refractivity contribution in [1.29, 1.82) is 0 Å². The fourth-order valence-corrected chi connectivity index (χ4v) is 1.85. The molecule has 0 aliphatic carbocycles. The van der Waals surface area contributed by atoms with E-state index in [0.717, 1.165) is 5.56 Å². The summed E-state index contributed by atoms with van der Waals surface area (Å²) in [6.45, 7) is 6.33. The molecule has 1 atom stereocenters. The summed E-state index contributed by atoms with van der Waals surface area (Å²) >= 11 is 5.81. The molecule has 1 N–H and O–H groups in total. The molecule has 1 unspecified atom stereocenters. The van der Waals surface area contributed by atoms with Gasteiger partial charge in [0.2, 0.25) is 0 Å². The maximum atomic E-state index is 11.2. The van der Waals surface area contributed by atoms with Crippen LogP contribution in [0.2, 0.25) is 5.02 Å². The molecule has 1 aromatic rings. The first-order chi connectivity index (χ1) is 8.78. The summed E-state index contributed by atoms with van der Waals surface area (Å²) in [6, 6.07) is 7.29. The Hall–Kier alpha value is -1.06. The molecular formula is C15H21ClO3. The highest BCUT2D eigenvalue weighted by Gasteiger charge is 2.19. The fourth-order valence-electron chi connectivity index (χ4n) is 1.73. The molecule has 0 aliphatic heterocycles. The van der Waals surface area contributed by atoms with Crippen LogP contribution in [0.5, 0.6) is 0 Å². The predicted molar refractivity (Wildman–Crippen MR) is 76.6 cm³/mol. The Morgan fingerprint density at radius 2 is 1.89 bits per heavy atom. The first-order valence-electron chi connectivity index (χ1n) is 6.39. The summed E-state index contributed by atoms with van der Waals surface area (Å²) in [7, 11) is 0. The van der Waals surface area contributed by atoms with Gasteiger partial charge in [-0.15, -0.1) is 0 Å². The Bertz CT molecular complexity index is 406. The van der Waals surface area contributed by atoms with E-state index in [1.165, 1.54) is 0 Å². The lowest BCUT2D eigenvalue weighted by atomic mass is 9.96. The summed E-state index contributed by atoms with van der Waals surface area (Å²) in [6.07, 6.45) is 1.01. The highest BCUT2D eigenvalue weighted by molar-refractivity contribution is 6.30. The largest absolute Gasteiger partial charge is 0.481 e. The van der Waals surface area contributed by atoms with Crippen LogP contribution >= 0.6 is 11.6 Å². The van der Waals surface area contributed by atoms with E-state index in [9.17, 15) is 9.90 Å². The fraction of sp³-hybridized carbons (Fsp3) is 0.533. The van der Waals surface area contributed by atoms with Crippen molar-refractivity contribution >= 4 is 17.6 Å². The zero-order valence-electron chi connectivity index (χ0n) is 11.6. The second-order valence-corrected chi connectivity index (χ2v) is 6.05. The molecule has 0 saturated heterocycles. The lowest BCUT2D eigenvalue weighted by Gasteiger charge is -2.21. The minimum atomic E-state index is -0.785. The van der Waals surface area contributed by atoms with Crippen molar-refractivity contribution < 1.29 is 14.6 Å². The van der Waals surface area contributed by atoms with E-state index < -0.39 is 11.9 Å². The Kier molecular flexibility index (Phi) is 5.83. The molecule has 0 bridgehead atoms. The second-order valence-electron chi connectivity index (χ2n) is 5.62. The van der Waals surface area contributed by atoms with Crippen LogP contribution in [0.3, 0.4) is 0 Å². The number of ether oxygens (including phenoxy) is 1. The van der Waals surface area contributed by atoms with Crippen molar-refractivity contribution in [3.8, 4) is 0 Å². The molecule has 0 amide bonds. The van der Waals surface area contributed by atoms with Crippen LogP contribution in [-0.2, 0) is 16.0 Å². The number of aliphatic carboxylic acids is 1. The molecule has 3 nitrogen and oxygen atoms in total. The first kappa shape index (κ1) is 16.0. The van der Waals surface area contributed by atoms with Crippen LogP contribution in [0.25, 0.3) is 0 Å². The highest BCUT2D eigenvalue weighted by Crippen LogP contribution is 2.17. The number of benzene rings is 1. The van der Waals surface area contributed by atoms with Gasteiger partial charge < -0.3 is 9.84 Å². The minimum absolute atomic E-state index is 0.233. The van der Waals surface area contributed by atoms with Gasteiger partial charge in [0.15, 0.2) is 0 Å². The Balaban J connectivity index is 2.53. The number of carboxylic acids is 1. The van der Waals surface area contributed by atoms with E-state index in [1.54, 1.807) is 12.1 Å². The van der Waals surface area contributed by atoms with E-state index in [-0.39, 0.29) is 5.60 Å². The first-order valence-corrected chi connectivity index (χ1v) is 6.77. The van der Waals surface area contributed by atoms with Crippen LogP contribution in [0, 0.1) is 5.92 Å². The number of hydrogen-bond acceptors (Lipinski definition) is 2. The van der Waals surface area contributed by atoms with Crippen molar-refractivity contribution in [2.45, 2.75) is 39.2 Å². The molecule has 4 heteroatoms. The molecule has 106 valence electrons. The maximum absolute atomic E-state index is 11.2. The molecule has 0 fully saturated rings. The summed E-state index contributed by atoms with van der Waals surface area (Å²) in [5.74, 6) is -1.21. The number of carboxylic acid groups (broad SMARTS) is 1. The lowest BCUT2D eigenvalue weighted by molar-refractivity contribution is -0.142. The Labute approximate surface area is 119 Å². The van der Waals surface area contributed by atoms with Crippen LogP contribution in [0.4, 0.5) is 0 Å². The molecule has 0 aromatic heterocycles. The molecule has 1 rings (SSSR count). The molecule has 0 spiro atoms. The Morgan fingerprint density at radius 3 is 2.37 bits per heavy atom. The average Bonchev–Trinajstić information content (AvgIpc) is 2.28. The Morgan fingerprint density at radius 1 is 1.32 bits per heavy atom. The van der Waals surface area contributed by atoms with Crippen LogP contribution in [-0.4, -0.2) is 23.3 Å². The van der Waals surface area contributed by atoms with Gasteiger partial charge in [-0.05, 0) is 51.3 Å². The van der Waals surface area contributed by atoms with Gasteiger partial charge in [0.25, 0.3) is 0 Å². The normalized spacial score (nSPS) is 13.3. The van der Waals surface area contributed by atoms with E-state index in [2.05, 4.69) is 0 Å². The lowest BCUT2D eigenvalue weighted by Crippen LogP contribution is -2.24. The molecule has 0 aliphatic rings. The standard InChI is InChI=1S/C15H21ClO3/c1-15(2,3)19-9-8-12(14(17)18)10-11-4-6-13(16)7-5-11/h4-7,12H,8-10H2,1-3H3,(H,17,18). The third-order valence-corrected chi connectivity index (χ3v) is 3.00. The minimum Gasteiger partial charge on any atom is -0.481 e. The van der Waals surface area contributed by atoms with E-state index in [4.69, 9.17) is 16.3 Å². The number of hydrogen-bond donors (Lipinski definition) is 1. The topological polar surface area (TPSA) is 46.5 Å². The third-order valence-electron chi connectivity index (χ3n) is 2.75. The van der Waals surface area contributed by atoms with Gasteiger partial charge in [0.05, 0.1) is 11.5 Å². The van der Waals surface area contributed by atoms with Gasteiger partial charge in [-0.3, -0.25) is 4.79 Å². The van der Waals surface area contributed by atoms with Gasteiger partial charge in [-0.2, -0.15) is 0 Å². The zero-order valence-corrected chi connectivity index (χ0v) is 12.4. The molecule has 1 aromatic carbocycles. The summed E-state index contributed by atoms with van der Waals surface area (Å²) in [4.78, 5) is 11.2. The molecule has 0 heterocycles. The summed E-state index contributed by atoms with van der Waals surface area (Å²) in [5, 5.41) is 9.90. The van der Waals surface area contributed by atoms with Crippen molar-refractivity contribution in [1.82, 2.24) is 0 Å². The smallest absolute Gasteiger partial charge is 0.306 e. The maximum Gasteiger partial charge on any atom is 0.306 e. The molecule has 19 heavy (non-hydrogen) atoms. The van der Waals surface area contributed by atoms with Gasteiger partial charge in [0, 0.05) is 11.6 Å². The number of halogens is 1. The van der Waals surface area contributed by atoms with Crippen LogP contribution in [0.1, 0.15) is 32.8 Å².